The first kappa shape index (κ1) is 26.7. The van der Waals surface area contributed by atoms with E-state index in [1.807, 2.05) is 42.5 Å². The van der Waals surface area contributed by atoms with Crippen molar-refractivity contribution < 1.29 is 4.74 Å². The lowest BCUT2D eigenvalue weighted by atomic mass is 10.0. The van der Waals surface area contributed by atoms with Crippen molar-refractivity contribution in [3.63, 3.8) is 0 Å². The predicted molar refractivity (Wildman–Crippen MR) is 162 cm³/mol. The van der Waals surface area contributed by atoms with Crippen molar-refractivity contribution in [2.75, 3.05) is 43.5 Å². The van der Waals surface area contributed by atoms with Crippen molar-refractivity contribution in [3.8, 4) is 11.8 Å². The molecule has 0 saturated carbocycles. The zero-order valence-electron chi connectivity index (χ0n) is 22.4. The summed E-state index contributed by atoms with van der Waals surface area (Å²) in [5, 5.41) is 15.7. The zero-order valence-corrected chi connectivity index (χ0v) is 24.0. The first-order valence-corrected chi connectivity index (χ1v) is 14.9. The van der Waals surface area contributed by atoms with Crippen LogP contribution in [-0.2, 0) is 0 Å². The van der Waals surface area contributed by atoms with Gasteiger partial charge in [0.25, 0.3) is 0 Å². The fourth-order valence-electron chi connectivity index (χ4n) is 5.74. The number of nitriles is 1. The minimum atomic E-state index is 0.455. The average Bonchev–Trinajstić information content (AvgIpc) is 3.54. The molecule has 0 bridgehead atoms. The van der Waals surface area contributed by atoms with Crippen LogP contribution in [0.4, 0.5) is 17.1 Å². The van der Waals surface area contributed by atoms with Crippen molar-refractivity contribution in [1.82, 2.24) is 14.9 Å². The molecule has 2 aliphatic rings. The van der Waals surface area contributed by atoms with Crippen LogP contribution in [0.15, 0.2) is 70.8 Å². The van der Waals surface area contributed by atoms with Gasteiger partial charge in [0.1, 0.15) is 16.8 Å². The van der Waals surface area contributed by atoms with Gasteiger partial charge in [-0.25, -0.2) is 4.98 Å². The Balaban J connectivity index is 1.27. The molecule has 0 spiro atoms. The Labute approximate surface area is 244 Å². The molecule has 2 aromatic carbocycles. The molecule has 0 radical (unpaired) electrons. The van der Waals surface area contributed by atoms with Crippen molar-refractivity contribution in [1.29, 1.82) is 5.26 Å². The van der Waals surface area contributed by atoms with Crippen LogP contribution >= 0.6 is 23.4 Å². The molecule has 2 saturated heterocycles. The summed E-state index contributed by atoms with van der Waals surface area (Å²) in [6.07, 6.45) is 8.36. The number of benzene rings is 2. The normalized spacial score (nSPS) is 16.3. The van der Waals surface area contributed by atoms with E-state index in [0.29, 0.717) is 22.3 Å². The Morgan fingerprint density at radius 2 is 1.88 bits per heavy atom. The SMILES string of the molecule is COc1cc2c(Nc3ccc(Sc4ccccn4)c(Cl)c3)c(C#N)cnc2cc1N1CCC(N2CCCC2)CC1. The Hall–Kier alpha value is -3.51. The van der Waals surface area contributed by atoms with Gasteiger partial charge in [-0.05, 0) is 81.2 Å². The summed E-state index contributed by atoms with van der Waals surface area (Å²) in [6, 6.07) is 18.6. The van der Waals surface area contributed by atoms with Gasteiger partial charge in [-0.15, -0.1) is 0 Å². The monoisotopic (exact) mass is 570 g/mol. The highest BCUT2D eigenvalue weighted by atomic mass is 35.5. The minimum Gasteiger partial charge on any atom is -0.495 e. The molecule has 2 aromatic heterocycles. The summed E-state index contributed by atoms with van der Waals surface area (Å²) in [5.74, 6) is 0.784. The largest absolute Gasteiger partial charge is 0.495 e. The number of methoxy groups -OCH3 is 1. The van der Waals surface area contributed by atoms with Crippen LogP contribution in [0.5, 0.6) is 5.75 Å². The van der Waals surface area contributed by atoms with Crippen LogP contribution in [0.25, 0.3) is 10.9 Å². The standard InChI is InChI=1S/C31H31ClN6OS/c1-39-28-17-24-26(18-27(28)38-14-9-23(10-15-38)37-12-4-5-13-37)35-20-21(19-33)31(24)36-22-7-8-29(25(32)16-22)40-30-6-2-3-11-34-30/h2-3,6-8,11,16-18,20,23H,4-5,9-10,12-15H2,1H3,(H,35,36). The number of anilines is 3. The molecule has 4 aromatic rings. The van der Waals surface area contributed by atoms with E-state index in [9.17, 15) is 5.26 Å². The topological polar surface area (TPSA) is 77.3 Å². The summed E-state index contributed by atoms with van der Waals surface area (Å²) in [5.41, 5.74) is 3.79. The second-order valence-corrected chi connectivity index (χ2v) is 11.7. The number of hydrogen-bond acceptors (Lipinski definition) is 8. The van der Waals surface area contributed by atoms with Crippen LogP contribution in [0.3, 0.4) is 0 Å². The first-order valence-electron chi connectivity index (χ1n) is 13.7. The molecular weight excluding hydrogens is 540 g/mol. The fraction of sp³-hybridized carbons (Fsp3) is 0.323. The predicted octanol–water partition coefficient (Wildman–Crippen LogP) is 7.12. The maximum absolute atomic E-state index is 9.91. The molecule has 1 N–H and O–H groups in total. The molecule has 2 fully saturated rings. The van der Waals surface area contributed by atoms with E-state index in [1.165, 1.54) is 37.7 Å². The maximum atomic E-state index is 9.91. The van der Waals surface area contributed by atoms with Crippen LogP contribution in [-0.4, -0.2) is 54.2 Å². The molecule has 2 aliphatic heterocycles. The molecule has 7 nitrogen and oxygen atoms in total. The van der Waals surface area contributed by atoms with Crippen LogP contribution in [0, 0.1) is 11.3 Å². The molecule has 9 heteroatoms. The number of aromatic nitrogens is 2. The highest BCUT2D eigenvalue weighted by Gasteiger charge is 2.28. The van der Waals surface area contributed by atoms with Crippen molar-refractivity contribution in [2.24, 2.45) is 0 Å². The number of nitrogens with one attached hydrogen (secondary N) is 1. The highest BCUT2D eigenvalue weighted by Crippen LogP contribution is 2.40. The van der Waals surface area contributed by atoms with E-state index in [0.717, 1.165) is 63.9 Å². The number of halogens is 1. The number of pyridine rings is 2. The molecule has 204 valence electrons. The number of piperidine rings is 1. The van der Waals surface area contributed by atoms with Gasteiger partial charge >= 0.3 is 0 Å². The van der Waals surface area contributed by atoms with Crippen LogP contribution in [0.2, 0.25) is 5.02 Å². The number of nitrogens with zero attached hydrogens (tertiary/aromatic N) is 5. The Kier molecular flexibility index (Phi) is 7.96. The maximum Gasteiger partial charge on any atom is 0.142 e. The lowest BCUT2D eigenvalue weighted by Gasteiger charge is -2.38. The van der Waals surface area contributed by atoms with E-state index in [1.54, 1.807) is 19.5 Å². The van der Waals surface area contributed by atoms with Gasteiger partial charge in [0, 0.05) is 47.5 Å². The van der Waals surface area contributed by atoms with Crippen molar-refractivity contribution >= 4 is 51.3 Å². The van der Waals surface area contributed by atoms with Gasteiger partial charge in [0.05, 0.1) is 34.6 Å². The van der Waals surface area contributed by atoms with E-state index >= 15 is 0 Å². The molecule has 4 heterocycles. The van der Waals surface area contributed by atoms with Crippen LogP contribution < -0.4 is 15.0 Å². The third-order valence-electron chi connectivity index (χ3n) is 7.80. The number of rotatable bonds is 7. The smallest absolute Gasteiger partial charge is 0.142 e. The Bertz CT molecular complexity index is 1550. The van der Waals surface area contributed by atoms with Gasteiger partial charge in [-0.3, -0.25) is 4.98 Å². The molecule has 0 atom stereocenters. The number of fused-ring (bicyclic) bond motifs is 1. The Morgan fingerprint density at radius 3 is 2.58 bits per heavy atom. The molecule has 0 aliphatic carbocycles. The number of hydrogen-bond donors (Lipinski definition) is 1. The highest BCUT2D eigenvalue weighted by molar-refractivity contribution is 7.99. The van der Waals surface area contributed by atoms with Gasteiger partial charge in [-0.2, -0.15) is 5.26 Å². The molecule has 0 amide bonds. The Morgan fingerprint density at radius 1 is 1.05 bits per heavy atom. The van der Waals surface area contributed by atoms with Crippen molar-refractivity contribution in [3.05, 3.63) is 71.5 Å². The first-order chi connectivity index (χ1) is 19.6. The third-order valence-corrected chi connectivity index (χ3v) is 9.26. The van der Waals surface area contributed by atoms with Gasteiger partial charge < -0.3 is 19.9 Å². The van der Waals surface area contributed by atoms with Crippen LogP contribution in [0.1, 0.15) is 31.2 Å². The third kappa shape index (κ3) is 5.55. The minimum absolute atomic E-state index is 0.455. The van der Waals surface area contributed by atoms with E-state index < -0.39 is 0 Å². The molecule has 0 unspecified atom stereocenters. The van der Waals surface area contributed by atoms with Crippen molar-refractivity contribution in [2.45, 2.75) is 41.6 Å². The summed E-state index contributed by atoms with van der Waals surface area (Å²) in [6.45, 7) is 4.46. The summed E-state index contributed by atoms with van der Waals surface area (Å²) >= 11 is 8.16. The molecule has 6 rings (SSSR count). The second kappa shape index (κ2) is 11.9. The lowest BCUT2D eigenvalue weighted by Crippen LogP contribution is -2.44. The van der Waals surface area contributed by atoms with Gasteiger partial charge in [0.2, 0.25) is 0 Å². The van der Waals surface area contributed by atoms with E-state index in [2.05, 4.69) is 37.2 Å². The quantitative estimate of drug-likeness (QED) is 0.251. The molecular formula is C31H31ClN6OS. The van der Waals surface area contributed by atoms with Gasteiger partial charge in [-0.1, -0.05) is 29.4 Å². The summed E-state index contributed by atoms with van der Waals surface area (Å²) < 4.78 is 5.88. The molecule has 40 heavy (non-hydrogen) atoms. The van der Waals surface area contributed by atoms with E-state index in [4.69, 9.17) is 16.3 Å². The number of likely N-dealkylation sites (tertiary alicyclic amines) is 1. The summed E-state index contributed by atoms with van der Waals surface area (Å²) in [7, 11) is 1.70. The second-order valence-electron chi connectivity index (χ2n) is 10.2. The average molecular weight is 571 g/mol. The fourth-order valence-corrected chi connectivity index (χ4v) is 6.82. The van der Waals surface area contributed by atoms with Gasteiger partial charge in [0.15, 0.2) is 0 Å². The lowest BCUT2D eigenvalue weighted by molar-refractivity contribution is 0.207. The number of ether oxygens (including phenoxy) is 1. The van der Waals surface area contributed by atoms with E-state index in [-0.39, 0.29) is 0 Å². The summed E-state index contributed by atoms with van der Waals surface area (Å²) in [4.78, 5) is 15.0. The zero-order chi connectivity index (χ0) is 27.5.